The van der Waals surface area contributed by atoms with Crippen LogP contribution >= 0.6 is 0 Å². The first-order chi connectivity index (χ1) is 14.3. The van der Waals surface area contributed by atoms with E-state index in [2.05, 4.69) is 5.16 Å². The summed E-state index contributed by atoms with van der Waals surface area (Å²) in [5, 5.41) is 3.94. The normalized spacial score (nSPS) is 11.0. The van der Waals surface area contributed by atoms with Gasteiger partial charge in [0.05, 0.1) is 24.9 Å². The molecule has 3 rings (SSSR count). The molecule has 0 saturated carbocycles. The molecule has 0 aliphatic carbocycles. The first kappa shape index (κ1) is 21.5. The molecule has 2 heterocycles. The van der Waals surface area contributed by atoms with Crippen LogP contribution in [0, 0.1) is 20.8 Å². The van der Waals surface area contributed by atoms with E-state index in [1.54, 1.807) is 30.2 Å². The fourth-order valence-corrected chi connectivity index (χ4v) is 3.17. The van der Waals surface area contributed by atoms with Crippen LogP contribution < -0.4 is 9.47 Å². The maximum Gasteiger partial charge on any atom is 0.254 e. The van der Waals surface area contributed by atoms with Gasteiger partial charge in [0.15, 0.2) is 11.5 Å². The highest BCUT2D eigenvalue weighted by Gasteiger charge is 2.22. The molecule has 0 aliphatic rings. The van der Waals surface area contributed by atoms with Crippen LogP contribution in [0.3, 0.4) is 0 Å². The maximum atomic E-state index is 13.2. The molecular formula is C23H28N2O5. The Bertz CT molecular complexity index is 999. The third-order valence-electron chi connectivity index (χ3n) is 4.97. The van der Waals surface area contributed by atoms with E-state index < -0.39 is 0 Å². The molecular weight excluding hydrogens is 384 g/mol. The minimum Gasteiger partial charge on any atom is -0.493 e. The number of aromatic nitrogens is 1. The molecule has 0 unspecified atom stereocenters. The van der Waals surface area contributed by atoms with Gasteiger partial charge >= 0.3 is 0 Å². The Labute approximate surface area is 176 Å². The summed E-state index contributed by atoms with van der Waals surface area (Å²) in [5.41, 5.74) is 2.21. The minimum absolute atomic E-state index is 0.00405. The lowest BCUT2D eigenvalue weighted by Crippen LogP contribution is -2.36. The highest BCUT2D eigenvalue weighted by atomic mass is 16.5. The SMILES string of the molecule is COc1cc(C(=O)N(Cc2ccc(C)o2)C(C)C)ccc1OCc1c(C)noc1C. The first-order valence-corrected chi connectivity index (χ1v) is 9.89. The van der Waals surface area contributed by atoms with Gasteiger partial charge in [-0.1, -0.05) is 5.16 Å². The number of hydrogen-bond donors (Lipinski definition) is 0. The van der Waals surface area contributed by atoms with Gasteiger partial charge in [-0.05, 0) is 65.0 Å². The second-order valence-corrected chi connectivity index (χ2v) is 7.50. The van der Waals surface area contributed by atoms with Crippen LogP contribution in [0.1, 0.15) is 52.7 Å². The molecule has 0 saturated heterocycles. The number of hydrogen-bond acceptors (Lipinski definition) is 6. The Morgan fingerprint density at radius 2 is 1.90 bits per heavy atom. The minimum atomic E-state index is -0.102. The van der Waals surface area contributed by atoms with Crippen LogP contribution in [-0.2, 0) is 13.2 Å². The Hall–Kier alpha value is -3.22. The largest absolute Gasteiger partial charge is 0.493 e. The van der Waals surface area contributed by atoms with Gasteiger partial charge in [0.2, 0.25) is 0 Å². The van der Waals surface area contributed by atoms with Gasteiger partial charge < -0.3 is 23.3 Å². The zero-order valence-electron chi connectivity index (χ0n) is 18.3. The molecule has 0 atom stereocenters. The van der Waals surface area contributed by atoms with E-state index in [-0.39, 0.29) is 11.9 Å². The van der Waals surface area contributed by atoms with E-state index in [1.165, 1.54) is 0 Å². The Morgan fingerprint density at radius 1 is 1.13 bits per heavy atom. The van der Waals surface area contributed by atoms with Crippen LogP contribution in [0.5, 0.6) is 11.5 Å². The number of ether oxygens (including phenoxy) is 2. The molecule has 2 aromatic heterocycles. The van der Waals surface area contributed by atoms with E-state index in [0.29, 0.717) is 30.2 Å². The topological polar surface area (TPSA) is 77.9 Å². The summed E-state index contributed by atoms with van der Waals surface area (Å²) in [7, 11) is 1.55. The van der Waals surface area contributed by atoms with Crippen molar-refractivity contribution in [3.63, 3.8) is 0 Å². The number of nitrogens with zero attached hydrogens (tertiary/aromatic N) is 2. The molecule has 7 nitrogen and oxygen atoms in total. The lowest BCUT2D eigenvalue weighted by Gasteiger charge is -2.26. The number of carbonyl (C=O) groups is 1. The van der Waals surface area contributed by atoms with Crippen LogP contribution in [0.15, 0.2) is 39.3 Å². The molecule has 0 spiro atoms. The zero-order chi connectivity index (χ0) is 21.8. The molecule has 160 valence electrons. The number of benzene rings is 1. The van der Waals surface area contributed by atoms with Crippen LogP contribution in [0.25, 0.3) is 0 Å². The number of furan rings is 1. The molecule has 0 fully saturated rings. The van der Waals surface area contributed by atoms with Gasteiger partial charge in [0.25, 0.3) is 5.91 Å². The van der Waals surface area contributed by atoms with E-state index >= 15 is 0 Å². The molecule has 7 heteroatoms. The molecule has 3 aromatic rings. The molecule has 0 aliphatic heterocycles. The van der Waals surface area contributed by atoms with Crippen molar-refractivity contribution < 1.29 is 23.2 Å². The van der Waals surface area contributed by atoms with E-state index in [9.17, 15) is 4.79 Å². The van der Waals surface area contributed by atoms with Crippen LogP contribution in [-0.4, -0.2) is 29.1 Å². The predicted octanol–water partition coefficient (Wildman–Crippen LogP) is 4.83. The third kappa shape index (κ3) is 4.67. The molecule has 0 bridgehead atoms. The highest BCUT2D eigenvalue weighted by molar-refractivity contribution is 5.95. The summed E-state index contributed by atoms with van der Waals surface area (Å²) in [6.45, 7) is 10.3. The summed E-state index contributed by atoms with van der Waals surface area (Å²) in [6, 6.07) is 8.99. The first-order valence-electron chi connectivity index (χ1n) is 9.89. The molecule has 0 N–H and O–H groups in total. The Morgan fingerprint density at radius 3 is 2.47 bits per heavy atom. The second-order valence-electron chi connectivity index (χ2n) is 7.50. The van der Waals surface area contributed by atoms with Crippen molar-refractivity contribution in [3.8, 4) is 11.5 Å². The molecule has 1 amide bonds. The van der Waals surface area contributed by atoms with E-state index in [0.717, 1.165) is 28.5 Å². The summed E-state index contributed by atoms with van der Waals surface area (Å²) >= 11 is 0. The van der Waals surface area contributed by atoms with Crippen molar-refractivity contribution in [1.82, 2.24) is 10.1 Å². The number of methoxy groups -OCH3 is 1. The monoisotopic (exact) mass is 412 g/mol. The Kier molecular flexibility index (Phi) is 6.50. The quantitative estimate of drug-likeness (QED) is 0.527. The van der Waals surface area contributed by atoms with E-state index in [4.69, 9.17) is 18.4 Å². The van der Waals surface area contributed by atoms with Crippen molar-refractivity contribution >= 4 is 5.91 Å². The highest BCUT2D eigenvalue weighted by Crippen LogP contribution is 2.30. The van der Waals surface area contributed by atoms with Gasteiger partial charge in [0.1, 0.15) is 23.9 Å². The molecule has 1 aromatic carbocycles. The van der Waals surface area contributed by atoms with Crippen molar-refractivity contribution in [2.24, 2.45) is 0 Å². The van der Waals surface area contributed by atoms with Crippen molar-refractivity contribution in [3.05, 3.63) is 64.4 Å². The zero-order valence-corrected chi connectivity index (χ0v) is 18.3. The Balaban J connectivity index is 1.78. The van der Waals surface area contributed by atoms with E-state index in [1.807, 2.05) is 46.8 Å². The average molecular weight is 412 g/mol. The van der Waals surface area contributed by atoms with Gasteiger partial charge in [-0.3, -0.25) is 4.79 Å². The number of aryl methyl sites for hydroxylation is 3. The molecule has 0 radical (unpaired) electrons. The number of rotatable bonds is 8. The average Bonchev–Trinajstić information content (AvgIpc) is 3.28. The van der Waals surface area contributed by atoms with Crippen LogP contribution in [0.4, 0.5) is 0 Å². The fraction of sp³-hybridized carbons (Fsp3) is 0.391. The van der Waals surface area contributed by atoms with Crippen LogP contribution in [0.2, 0.25) is 0 Å². The lowest BCUT2D eigenvalue weighted by atomic mass is 10.1. The lowest BCUT2D eigenvalue weighted by molar-refractivity contribution is 0.0675. The summed E-state index contributed by atoms with van der Waals surface area (Å²) in [6.07, 6.45) is 0. The maximum absolute atomic E-state index is 13.2. The summed E-state index contributed by atoms with van der Waals surface area (Å²) in [5.74, 6) is 3.23. The second kappa shape index (κ2) is 9.07. The van der Waals surface area contributed by atoms with Gasteiger partial charge in [-0.25, -0.2) is 0 Å². The van der Waals surface area contributed by atoms with Crippen molar-refractivity contribution in [1.29, 1.82) is 0 Å². The smallest absolute Gasteiger partial charge is 0.254 e. The van der Waals surface area contributed by atoms with Gasteiger partial charge in [-0.2, -0.15) is 0 Å². The van der Waals surface area contributed by atoms with Gasteiger partial charge in [0, 0.05) is 11.6 Å². The standard InChI is InChI=1S/C23H28N2O5/c1-14(2)25(12-19-9-7-15(3)29-19)23(26)18-8-10-21(22(11-18)27-6)28-13-20-16(4)24-30-17(20)5/h7-11,14H,12-13H2,1-6H3. The number of carbonyl (C=O) groups excluding carboxylic acids is 1. The summed E-state index contributed by atoms with van der Waals surface area (Å²) in [4.78, 5) is 14.9. The van der Waals surface area contributed by atoms with Crippen molar-refractivity contribution in [2.45, 2.75) is 53.8 Å². The predicted molar refractivity (Wildman–Crippen MR) is 112 cm³/mol. The number of amides is 1. The fourth-order valence-electron chi connectivity index (χ4n) is 3.17. The van der Waals surface area contributed by atoms with Crippen molar-refractivity contribution in [2.75, 3.05) is 7.11 Å². The van der Waals surface area contributed by atoms with Gasteiger partial charge in [-0.15, -0.1) is 0 Å². The third-order valence-corrected chi connectivity index (χ3v) is 4.97. The molecule has 30 heavy (non-hydrogen) atoms. The summed E-state index contributed by atoms with van der Waals surface area (Å²) < 4.78 is 22.2.